The number of halogens is 2. The van der Waals surface area contributed by atoms with E-state index in [1.807, 2.05) is 0 Å². The lowest BCUT2D eigenvalue weighted by atomic mass is 9.87. The summed E-state index contributed by atoms with van der Waals surface area (Å²) in [5.41, 5.74) is -0.565. The first kappa shape index (κ1) is 23.0. The second-order valence-corrected chi connectivity index (χ2v) is 10.3. The van der Waals surface area contributed by atoms with Gasteiger partial charge in [-0.25, -0.2) is 8.78 Å². The third-order valence-corrected chi connectivity index (χ3v) is 7.98. The third-order valence-electron chi connectivity index (χ3n) is 7.98. The molecule has 1 aliphatic carbocycles. The lowest BCUT2D eigenvalue weighted by Gasteiger charge is -2.38. The zero-order valence-corrected chi connectivity index (χ0v) is 19.4. The molecule has 1 aromatic rings. The summed E-state index contributed by atoms with van der Waals surface area (Å²) in [5.74, 6) is 0.620. The number of rotatable bonds is 5. The predicted octanol–water partition coefficient (Wildman–Crippen LogP) is 4.45. The first-order chi connectivity index (χ1) is 16.0. The Labute approximate surface area is 195 Å². The second-order valence-electron chi connectivity index (χ2n) is 10.3. The Morgan fingerprint density at radius 1 is 1.00 bits per heavy atom. The maximum absolute atomic E-state index is 14.2. The highest BCUT2D eigenvalue weighted by Gasteiger charge is 2.52. The Kier molecular flexibility index (Phi) is 6.89. The number of carbonyl (C=O) groups is 1. The molecule has 0 aromatic heterocycles. The molecular formula is C26H36F2N2O3. The van der Waals surface area contributed by atoms with Gasteiger partial charge in [0.2, 0.25) is 0 Å². The van der Waals surface area contributed by atoms with Crippen LogP contribution in [0.3, 0.4) is 0 Å². The van der Waals surface area contributed by atoms with Gasteiger partial charge in [-0.05, 0) is 82.2 Å². The fourth-order valence-corrected chi connectivity index (χ4v) is 5.75. The first-order valence-electron chi connectivity index (χ1n) is 12.8. The number of ether oxygens (including phenoxy) is 2. The number of piperidine rings is 1. The van der Waals surface area contributed by atoms with Crippen LogP contribution in [0.5, 0.6) is 5.75 Å². The number of amides is 1. The summed E-state index contributed by atoms with van der Waals surface area (Å²) in [5, 5.41) is 0. The average Bonchev–Trinajstić information content (AvgIpc) is 3.63. The molecule has 0 radical (unpaired) electrons. The van der Waals surface area contributed by atoms with Gasteiger partial charge in [0.25, 0.3) is 5.91 Å². The van der Waals surface area contributed by atoms with Crippen molar-refractivity contribution in [1.82, 2.24) is 9.80 Å². The molecule has 1 atom stereocenters. The predicted molar refractivity (Wildman–Crippen MR) is 122 cm³/mol. The number of likely N-dealkylation sites (tertiary alicyclic amines) is 2. The van der Waals surface area contributed by atoms with Crippen LogP contribution in [0.4, 0.5) is 8.78 Å². The number of nitrogens with zero attached hydrogens (tertiary/aromatic N) is 2. The van der Waals surface area contributed by atoms with E-state index in [1.54, 1.807) is 17.0 Å². The SMILES string of the molecule is O=C(N1CCC[C@@H](N2CCC(c3cc(F)ccc3OC3CCOCC3)CC2)CC1)C1(F)CC1. The van der Waals surface area contributed by atoms with E-state index in [-0.39, 0.29) is 23.7 Å². The van der Waals surface area contributed by atoms with Gasteiger partial charge in [0.15, 0.2) is 5.67 Å². The van der Waals surface area contributed by atoms with Gasteiger partial charge in [-0.1, -0.05) is 0 Å². The van der Waals surface area contributed by atoms with Gasteiger partial charge in [-0.3, -0.25) is 4.79 Å². The summed E-state index contributed by atoms with van der Waals surface area (Å²) in [6.07, 6.45) is 7.49. The Morgan fingerprint density at radius 3 is 2.48 bits per heavy atom. The molecule has 1 amide bonds. The van der Waals surface area contributed by atoms with Crippen molar-refractivity contribution in [3.05, 3.63) is 29.6 Å². The highest BCUT2D eigenvalue weighted by Crippen LogP contribution is 2.42. The number of carbonyl (C=O) groups excluding carboxylic acids is 1. The number of benzene rings is 1. The molecule has 1 aromatic carbocycles. The highest BCUT2D eigenvalue weighted by molar-refractivity contribution is 5.88. The van der Waals surface area contributed by atoms with Crippen molar-refractivity contribution in [2.45, 2.75) is 81.5 Å². The van der Waals surface area contributed by atoms with E-state index < -0.39 is 5.67 Å². The average molecular weight is 463 g/mol. The quantitative estimate of drug-likeness (QED) is 0.649. The maximum Gasteiger partial charge on any atom is 0.260 e. The smallest absolute Gasteiger partial charge is 0.260 e. The lowest BCUT2D eigenvalue weighted by Crippen LogP contribution is -2.42. The Morgan fingerprint density at radius 2 is 1.76 bits per heavy atom. The van der Waals surface area contributed by atoms with E-state index in [0.717, 1.165) is 82.6 Å². The fraction of sp³-hybridized carbons (Fsp3) is 0.731. The van der Waals surface area contributed by atoms with Crippen molar-refractivity contribution in [3.63, 3.8) is 0 Å². The first-order valence-corrected chi connectivity index (χ1v) is 12.8. The summed E-state index contributed by atoms with van der Waals surface area (Å²) in [7, 11) is 0. The van der Waals surface area contributed by atoms with Crippen LogP contribution < -0.4 is 4.74 Å². The molecular weight excluding hydrogens is 426 g/mol. The normalized spacial score (nSPS) is 27.2. The third kappa shape index (κ3) is 5.35. The molecule has 182 valence electrons. The summed E-state index contributed by atoms with van der Waals surface area (Å²) in [6.45, 7) is 4.69. The van der Waals surface area contributed by atoms with Crippen molar-refractivity contribution < 1.29 is 23.0 Å². The molecule has 3 saturated heterocycles. The molecule has 0 bridgehead atoms. The fourth-order valence-electron chi connectivity index (χ4n) is 5.75. The van der Waals surface area contributed by atoms with Gasteiger partial charge < -0.3 is 19.3 Å². The standard InChI is InChI=1S/C26H36F2N2O3/c27-20-3-4-24(33-22-8-16-32-17-9-22)23(18-20)19-5-13-29(14-6-19)21-2-1-12-30(15-7-21)25(31)26(28)10-11-26/h3-4,18-19,21-22H,1-2,5-17H2/t21-/m1/s1. The van der Waals surface area contributed by atoms with E-state index in [4.69, 9.17) is 9.47 Å². The minimum absolute atomic E-state index is 0.138. The summed E-state index contributed by atoms with van der Waals surface area (Å²) in [4.78, 5) is 16.7. The molecule has 5 nitrogen and oxygen atoms in total. The summed E-state index contributed by atoms with van der Waals surface area (Å²) >= 11 is 0. The van der Waals surface area contributed by atoms with E-state index >= 15 is 0 Å². The molecule has 4 aliphatic rings. The second kappa shape index (κ2) is 9.87. The molecule has 3 aliphatic heterocycles. The topological polar surface area (TPSA) is 42.0 Å². The Balaban J connectivity index is 1.17. The summed E-state index contributed by atoms with van der Waals surface area (Å²) in [6, 6.07) is 5.38. The van der Waals surface area contributed by atoms with Crippen molar-refractivity contribution in [3.8, 4) is 5.75 Å². The van der Waals surface area contributed by atoms with Gasteiger partial charge in [0, 0.05) is 37.5 Å². The molecule has 5 rings (SSSR count). The number of alkyl halides is 1. The van der Waals surface area contributed by atoms with Gasteiger partial charge in [0.05, 0.1) is 13.2 Å². The number of hydrogen-bond acceptors (Lipinski definition) is 4. The molecule has 1 saturated carbocycles. The minimum atomic E-state index is -1.56. The minimum Gasteiger partial charge on any atom is -0.490 e. The van der Waals surface area contributed by atoms with Crippen molar-refractivity contribution in [2.24, 2.45) is 0 Å². The number of hydrogen-bond donors (Lipinski definition) is 0. The largest absolute Gasteiger partial charge is 0.490 e. The molecule has 33 heavy (non-hydrogen) atoms. The van der Waals surface area contributed by atoms with Gasteiger partial charge in [-0.15, -0.1) is 0 Å². The van der Waals surface area contributed by atoms with Gasteiger partial charge in [-0.2, -0.15) is 0 Å². The Bertz CT molecular complexity index is 833. The molecule has 0 spiro atoms. The van der Waals surface area contributed by atoms with Crippen molar-refractivity contribution in [1.29, 1.82) is 0 Å². The molecule has 0 N–H and O–H groups in total. The molecule has 3 heterocycles. The van der Waals surface area contributed by atoms with Crippen molar-refractivity contribution in [2.75, 3.05) is 39.4 Å². The van der Waals surface area contributed by atoms with E-state index in [0.29, 0.717) is 32.0 Å². The maximum atomic E-state index is 14.2. The highest BCUT2D eigenvalue weighted by atomic mass is 19.1. The Hall–Kier alpha value is -1.73. The summed E-state index contributed by atoms with van der Waals surface area (Å²) < 4.78 is 40.1. The molecule has 0 unspecified atom stereocenters. The van der Waals surface area contributed by atoms with E-state index in [2.05, 4.69) is 4.90 Å². The van der Waals surface area contributed by atoms with Crippen LogP contribution in [-0.4, -0.2) is 72.9 Å². The van der Waals surface area contributed by atoms with Crippen LogP contribution >= 0.6 is 0 Å². The zero-order chi connectivity index (χ0) is 22.8. The van der Waals surface area contributed by atoms with Gasteiger partial charge >= 0.3 is 0 Å². The zero-order valence-electron chi connectivity index (χ0n) is 19.4. The van der Waals surface area contributed by atoms with Crippen LogP contribution in [-0.2, 0) is 9.53 Å². The van der Waals surface area contributed by atoms with Crippen LogP contribution in [0.1, 0.15) is 69.3 Å². The van der Waals surface area contributed by atoms with E-state index in [9.17, 15) is 13.6 Å². The monoisotopic (exact) mass is 462 g/mol. The lowest BCUT2D eigenvalue weighted by molar-refractivity contribution is -0.138. The van der Waals surface area contributed by atoms with Crippen LogP contribution in [0, 0.1) is 5.82 Å². The van der Waals surface area contributed by atoms with Gasteiger partial charge in [0.1, 0.15) is 17.7 Å². The van der Waals surface area contributed by atoms with Crippen LogP contribution in [0.25, 0.3) is 0 Å². The molecule has 4 fully saturated rings. The molecule has 7 heteroatoms. The van der Waals surface area contributed by atoms with Crippen LogP contribution in [0.15, 0.2) is 18.2 Å². The van der Waals surface area contributed by atoms with E-state index in [1.165, 1.54) is 6.07 Å². The van der Waals surface area contributed by atoms with Crippen molar-refractivity contribution >= 4 is 5.91 Å². The van der Waals surface area contributed by atoms with Crippen LogP contribution in [0.2, 0.25) is 0 Å².